The van der Waals surface area contributed by atoms with Crippen molar-refractivity contribution in [3.05, 3.63) is 11.8 Å². The van der Waals surface area contributed by atoms with Gasteiger partial charge in [0.05, 0.1) is 18.6 Å². The highest BCUT2D eigenvalue weighted by molar-refractivity contribution is 6.06. The molecule has 0 saturated heterocycles. The van der Waals surface area contributed by atoms with Crippen LogP contribution < -0.4 is 10.6 Å². The highest BCUT2D eigenvalue weighted by Crippen LogP contribution is 2.39. The first-order valence-corrected chi connectivity index (χ1v) is 5.04. The number of aliphatic hydroxyl groups is 1. The first-order chi connectivity index (χ1) is 7.48. The van der Waals surface area contributed by atoms with E-state index in [-0.39, 0.29) is 25.0 Å². The van der Waals surface area contributed by atoms with E-state index in [1.807, 2.05) is 13.8 Å². The van der Waals surface area contributed by atoms with Gasteiger partial charge < -0.3 is 10.8 Å². The summed E-state index contributed by atoms with van der Waals surface area (Å²) in [5.74, 6) is 0.556. The molecule has 16 heavy (non-hydrogen) atoms. The van der Waals surface area contributed by atoms with Gasteiger partial charge in [-0.1, -0.05) is 0 Å². The molecule has 1 aromatic rings. The molecule has 0 saturated carbocycles. The molecular weight excluding hydrogens is 208 g/mol. The molecule has 86 valence electrons. The van der Waals surface area contributed by atoms with Crippen molar-refractivity contribution in [3.8, 4) is 0 Å². The number of carbonyl (C=O) groups is 1. The predicted octanol–water partition coefficient (Wildman–Crippen LogP) is -0.325. The zero-order valence-corrected chi connectivity index (χ0v) is 9.27. The summed E-state index contributed by atoms with van der Waals surface area (Å²) in [5, 5.41) is 8.94. The summed E-state index contributed by atoms with van der Waals surface area (Å²) in [6.07, 6.45) is 1.58. The summed E-state index contributed by atoms with van der Waals surface area (Å²) < 4.78 is 0. The number of hydrogen-bond acceptors (Lipinski definition) is 5. The summed E-state index contributed by atoms with van der Waals surface area (Å²) in [6.45, 7) is 3.74. The third-order valence-corrected chi connectivity index (χ3v) is 2.82. The molecule has 0 radical (unpaired) electrons. The van der Waals surface area contributed by atoms with E-state index >= 15 is 0 Å². The smallest absolute Gasteiger partial charge is 0.238 e. The summed E-state index contributed by atoms with van der Waals surface area (Å²) >= 11 is 0. The largest absolute Gasteiger partial charge is 0.395 e. The number of carbonyl (C=O) groups excluding carboxylic acids is 1. The van der Waals surface area contributed by atoms with Crippen molar-refractivity contribution >= 4 is 17.7 Å². The van der Waals surface area contributed by atoms with Gasteiger partial charge in [0.1, 0.15) is 5.82 Å². The number of nitrogen functional groups attached to an aromatic ring is 1. The van der Waals surface area contributed by atoms with Crippen LogP contribution in [0.4, 0.5) is 11.8 Å². The molecule has 1 aliphatic rings. The highest BCUT2D eigenvalue weighted by Gasteiger charge is 2.45. The fourth-order valence-corrected chi connectivity index (χ4v) is 1.89. The number of anilines is 2. The summed E-state index contributed by atoms with van der Waals surface area (Å²) in [4.78, 5) is 21.5. The number of aromatic nitrogens is 2. The molecule has 2 rings (SSSR count). The van der Waals surface area contributed by atoms with Crippen LogP contribution in [-0.4, -0.2) is 34.1 Å². The topological polar surface area (TPSA) is 92.3 Å². The van der Waals surface area contributed by atoms with Crippen LogP contribution in [0.3, 0.4) is 0 Å². The minimum atomic E-state index is -0.655. The Hall–Kier alpha value is -1.69. The van der Waals surface area contributed by atoms with Crippen molar-refractivity contribution < 1.29 is 9.90 Å². The van der Waals surface area contributed by atoms with Gasteiger partial charge in [-0.05, 0) is 13.8 Å². The van der Waals surface area contributed by atoms with Crippen molar-refractivity contribution in [2.24, 2.45) is 0 Å². The fraction of sp³-hybridized carbons (Fsp3) is 0.500. The van der Waals surface area contributed by atoms with Crippen molar-refractivity contribution in [3.63, 3.8) is 0 Å². The minimum Gasteiger partial charge on any atom is -0.395 e. The maximum atomic E-state index is 12.1. The van der Waals surface area contributed by atoms with Gasteiger partial charge in [0.15, 0.2) is 0 Å². The average molecular weight is 222 g/mol. The molecule has 6 heteroatoms. The molecule has 6 nitrogen and oxygen atoms in total. The quantitative estimate of drug-likeness (QED) is 0.715. The van der Waals surface area contributed by atoms with E-state index in [1.54, 1.807) is 6.20 Å². The number of nitrogens with zero attached hydrogens (tertiary/aromatic N) is 3. The Morgan fingerprint density at radius 1 is 1.56 bits per heavy atom. The lowest BCUT2D eigenvalue weighted by atomic mass is 9.88. The Morgan fingerprint density at radius 2 is 2.25 bits per heavy atom. The molecule has 2 heterocycles. The van der Waals surface area contributed by atoms with E-state index in [9.17, 15) is 4.79 Å². The van der Waals surface area contributed by atoms with Gasteiger partial charge in [0.25, 0.3) is 0 Å². The van der Waals surface area contributed by atoms with Crippen LogP contribution in [-0.2, 0) is 10.2 Å². The van der Waals surface area contributed by atoms with Crippen LogP contribution in [0.25, 0.3) is 0 Å². The van der Waals surface area contributed by atoms with Gasteiger partial charge >= 0.3 is 0 Å². The van der Waals surface area contributed by atoms with Gasteiger partial charge in [0.2, 0.25) is 11.9 Å². The third-order valence-electron chi connectivity index (χ3n) is 2.82. The fourth-order valence-electron chi connectivity index (χ4n) is 1.89. The van der Waals surface area contributed by atoms with E-state index in [0.29, 0.717) is 5.82 Å². The molecule has 3 N–H and O–H groups in total. The van der Waals surface area contributed by atoms with Gasteiger partial charge in [-0.3, -0.25) is 9.69 Å². The van der Waals surface area contributed by atoms with Crippen molar-refractivity contribution in [1.29, 1.82) is 0 Å². The number of aliphatic hydroxyl groups excluding tert-OH is 1. The molecule has 0 bridgehead atoms. The summed E-state index contributed by atoms with van der Waals surface area (Å²) in [6, 6.07) is 0. The number of hydrogen-bond donors (Lipinski definition) is 2. The van der Waals surface area contributed by atoms with E-state index in [4.69, 9.17) is 10.8 Å². The molecule has 1 amide bonds. The first-order valence-electron chi connectivity index (χ1n) is 5.04. The first kappa shape index (κ1) is 10.8. The van der Waals surface area contributed by atoms with Crippen LogP contribution >= 0.6 is 0 Å². The lowest BCUT2D eigenvalue weighted by molar-refractivity contribution is -0.122. The normalized spacial score (nSPS) is 17.7. The maximum absolute atomic E-state index is 12.1. The molecule has 0 aliphatic carbocycles. The van der Waals surface area contributed by atoms with E-state index in [0.717, 1.165) is 5.56 Å². The number of rotatable bonds is 2. The average Bonchev–Trinajstić information content (AvgIpc) is 2.40. The Balaban J connectivity index is 2.56. The van der Waals surface area contributed by atoms with Crippen LogP contribution in [0, 0.1) is 0 Å². The molecule has 0 atom stereocenters. The van der Waals surface area contributed by atoms with Gasteiger partial charge in [-0.15, -0.1) is 0 Å². The zero-order chi connectivity index (χ0) is 11.9. The zero-order valence-electron chi connectivity index (χ0n) is 9.27. The van der Waals surface area contributed by atoms with Crippen LogP contribution in [0.2, 0.25) is 0 Å². The Kier molecular flexibility index (Phi) is 2.31. The summed E-state index contributed by atoms with van der Waals surface area (Å²) in [7, 11) is 0. The second-order valence-corrected chi connectivity index (χ2v) is 4.27. The summed E-state index contributed by atoms with van der Waals surface area (Å²) in [5.41, 5.74) is 5.60. The molecule has 0 spiro atoms. The van der Waals surface area contributed by atoms with Gasteiger partial charge in [-0.25, -0.2) is 4.98 Å². The SMILES string of the molecule is CC1(C)C(=O)N(CCO)c2nc(N)ncc21. The second kappa shape index (κ2) is 3.41. The molecule has 1 aliphatic heterocycles. The van der Waals surface area contributed by atoms with Crippen molar-refractivity contribution in [2.45, 2.75) is 19.3 Å². The maximum Gasteiger partial charge on any atom is 0.238 e. The monoisotopic (exact) mass is 222 g/mol. The van der Waals surface area contributed by atoms with Crippen LogP contribution in [0.15, 0.2) is 6.20 Å². The number of β-amino-alcohol motifs (C(OH)–C–C–N with tert-alkyl or cyclic N) is 1. The second-order valence-electron chi connectivity index (χ2n) is 4.27. The van der Waals surface area contributed by atoms with E-state index < -0.39 is 5.41 Å². The molecule has 0 aromatic carbocycles. The molecular formula is C10H14N4O2. The van der Waals surface area contributed by atoms with Crippen molar-refractivity contribution in [1.82, 2.24) is 9.97 Å². The lowest BCUT2D eigenvalue weighted by Crippen LogP contribution is -2.37. The number of nitrogens with two attached hydrogens (primary N) is 1. The highest BCUT2D eigenvalue weighted by atomic mass is 16.3. The Morgan fingerprint density at radius 3 is 2.88 bits per heavy atom. The van der Waals surface area contributed by atoms with Crippen LogP contribution in [0.5, 0.6) is 0 Å². The standard InChI is InChI=1S/C10H14N4O2/c1-10(2)6-5-12-9(11)13-7(6)14(3-4-15)8(10)16/h5,15H,3-4H2,1-2H3,(H2,11,12,13). The Bertz CT molecular complexity index is 444. The number of amides is 1. The molecule has 0 unspecified atom stereocenters. The third kappa shape index (κ3) is 1.34. The van der Waals surface area contributed by atoms with E-state index in [1.165, 1.54) is 4.90 Å². The van der Waals surface area contributed by atoms with Crippen LogP contribution in [0.1, 0.15) is 19.4 Å². The molecule has 1 aromatic heterocycles. The van der Waals surface area contributed by atoms with Gasteiger partial charge in [0, 0.05) is 11.8 Å². The van der Waals surface area contributed by atoms with E-state index in [2.05, 4.69) is 9.97 Å². The lowest BCUT2D eigenvalue weighted by Gasteiger charge is -2.18. The Labute approximate surface area is 93.1 Å². The van der Waals surface area contributed by atoms with Crippen molar-refractivity contribution in [2.75, 3.05) is 23.8 Å². The minimum absolute atomic E-state index is 0.0866. The van der Waals surface area contributed by atoms with Gasteiger partial charge in [-0.2, -0.15) is 4.98 Å². The molecule has 0 fully saturated rings. The number of fused-ring (bicyclic) bond motifs is 1. The predicted molar refractivity (Wildman–Crippen MR) is 58.9 cm³/mol.